The third kappa shape index (κ3) is 1.15. The zero-order chi connectivity index (χ0) is 11.2. The highest BCUT2D eigenvalue weighted by Gasteiger charge is 2.53. The molecule has 0 amide bonds. The smallest absolute Gasteiger partial charge is 0.313 e. The van der Waals surface area contributed by atoms with E-state index in [1.165, 1.54) is 12.7 Å². The van der Waals surface area contributed by atoms with E-state index in [9.17, 15) is 4.79 Å². The molecule has 1 aliphatic heterocycles. The number of nitrogens with one attached hydrogen (secondary N) is 1. The van der Waals surface area contributed by atoms with E-state index in [0.717, 1.165) is 25.1 Å². The molecule has 1 aromatic carbocycles. The lowest BCUT2D eigenvalue weighted by Gasteiger charge is -2.43. The maximum Gasteiger partial charge on any atom is 0.313 e. The molecule has 1 spiro atoms. The number of benzene rings is 1. The number of hydrogen-bond acceptors (Lipinski definition) is 3. The van der Waals surface area contributed by atoms with E-state index >= 15 is 0 Å². The summed E-state index contributed by atoms with van der Waals surface area (Å²) in [5, 5.41) is 3.28. The molecule has 0 radical (unpaired) electrons. The van der Waals surface area contributed by atoms with E-state index in [2.05, 4.69) is 17.4 Å². The second kappa shape index (κ2) is 3.32. The second-order valence-electron chi connectivity index (χ2n) is 4.80. The van der Waals surface area contributed by atoms with Crippen molar-refractivity contribution in [2.45, 2.75) is 12.3 Å². The van der Waals surface area contributed by atoms with Gasteiger partial charge in [-0.1, -0.05) is 24.3 Å². The van der Waals surface area contributed by atoms with Gasteiger partial charge >= 0.3 is 5.97 Å². The Bertz CT molecular complexity index is 437. The maximum absolute atomic E-state index is 11.9. The molecule has 0 saturated carbocycles. The zero-order valence-corrected chi connectivity index (χ0v) is 9.32. The normalized spacial score (nSPS) is 24.9. The van der Waals surface area contributed by atoms with Gasteiger partial charge in [0.05, 0.1) is 13.0 Å². The van der Waals surface area contributed by atoms with Crippen molar-refractivity contribution in [1.82, 2.24) is 5.32 Å². The molecule has 1 saturated heterocycles. The Balaban J connectivity index is 2.06. The SMILES string of the molecule is COC(=O)C1c2ccccc2CC12CNC2. The molecule has 2 aliphatic rings. The Morgan fingerprint density at radius 3 is 2.81 bits per heavy atom. The standard InChI is InChI=1S/C13H15NO2/c1-16-12(15)11-10-5-3-2-4-9(10)6-13(11)7-14-8-13/h2-5,11,14H,6-8H2,1H3. The summed E-state index contributed by atoms with van der Waals surface area (Å²) >= 11 is 0. The third-order valence-electron chi connectivity index (χ3n) is 3.91. The molecule has 1 unspecified atom stereocenters. The molecular formula is C13H15NO2. The number of fused-ring (bicyclic) bond motifs is 1. The minimum absolute atomic E-state index is 0.0741. The van der Waals surface area contributed by atoms with Gasteiger partial charge in [0.15, 0.2) is 0 Å². The Hall–Kier alpha value is -1.35. The first-order valence-corrected chi connectivity index (χ1v) is 5.63. The van der Waals surface area contributed by atoms with Gasteiger partial charge in [-0.3, -0.25) is 4.79 Å². The molecule has 1 atom stereocenters. The van der Waals surface area contributed by atoms with Crippen LogP contribution in [0.2, 0.25) is 0 Å². The summed E-state index contributed by atoms with van der Waals surface area (Å²) in [4.78, 5) is 11.9. The van der Waals surface area contributed by atoms with E-state index in [1.54, 1.807) is 0 Å². The van der Waals surface area contributed by atoms with E-state index in [1.807, 2.05) is 12.1 Å². The van der Waals surface area contributed by atoms with Crippen molar-refractivity contribution in [3.8, 4) is 0 Å². The lowest BCUT2D eigenvalue weighted by Crippen LogP contribution is -2.57. The van der Waals surface area contributed by atoms with Gasteiger partial charge in [0.2, 0.25) is 0 Å². The average molecular weight is 217 g/mol. The average Bonchev–Trinajstić information content (AvgIpc) is 2.62. The molecule has 1 aliphatic carbocycles. The van der Waals surface area contributed by atoms with Crippen LogP contribution in [0.4, 0.5) is 0 Å². The van der Waals surface area contributed by atoms with Crippen LogP contribution in [0.1, 0.15) is 17.0 Å². The van der Waals surface area contributed by atoms with Gasteiger partial charge in [-0.2, -0.15) is 0 Å². The number of carbonyl (C=O) groups excluding carboxylic acids is 1. The molecule has 1 fully saturated rings. The van der Waals surface area contributed by atoms with Crippen molar-refractivity contribution < 1.29 is 9.53 Å². The van der Waals surface area contributed by atoms with Gasteiger partial charge in [-0.15, -0.1) is 0 Å². The van der Waals surface area contributed by atoms with Crippen LogP contribution in [-0.4, -0.2) is 26.2 Å². The molecule has 0 bridgehead atoms. The Morgan fingerprint density at radius 1 is 1.44 bits per heavy atom. The van der Waals surface area contributed by atoms with E-state index in [0.29, 0.717) is 0 Å². The number of esters is 1. The number of hydrogen-bond donors (Lipinski definition) is 1. The largest absolute Gasteiger partial charge is 0.469 e. The molecule has 0 aromatic heterocycles. The number of carbonyl (C=O) groups is 1. The van der Waals surface area contributed by atoms with Crippen molar-refractivity contribution in [2.24, 2.45) is 5.41 Å². The van der Waals surface area contributed by atoms with Gasteiger partial charge in [0, 0.05) is 18.5 Å². The fourth-order valence-electron chi connectivity index (χ4n) is 3.06. The molecule has 84 valence electrons. The molecule has 3 heteroatoms. The lowest BCUT2D eigenvalue weighted by molar-refractivity contribution is -0.146. The Morgan fingerprint density at radius 2 is 2.19 bits per heavy atom. The van der Waals surface area contributed by atoms with Gasteiger partial charge in [-0.05, 0) is 17.5 Å². The maximum atomic E-state index is 11.9. The zero-order valence-electron chi connectivity index (χ0n) is 9.32. The minimum atomic E-state index is -0.0912. The van der Waals surface area contributed by atoms with Gasteiger partial charge in [-0.25, -0.2) is 0 Å². The van der Waals surface area contributed by atoms with Crippen LogP contribution >= 0.6 is 0 Å². The first-order valence-electron chi connectivity index (χ1n) is 5.63. The van der Waals surface area contributed by atoms with E-state index in [-0.39, 0.29) is 17.3 Å². The van der Waals surface area contributed by atoms with Crippen molar-refractivity contribution in [2.75, 3.05) is 20.2 Å². The number of ether oxygens (including phenoxy) is 1. The van der Waals surface area contributed by atoms with Crippen LogP contribution in [0, 0.1) is 5.41 Å². The summed E-state index contributed by atoms with van der Waals surface area (Å²) in [7, 11) is 1.48. The van der Waals surface area contributed by atoms with E-state index < -0.39 is 0 Å². The fraction of sp³-hybridized carbons (Fsp3) is 0.462. The molecule has 1 N–H and O–H groups in total. The highest BCUT2D eigenvalue weighted by Crippen LogP contribution is 2.50. The molecular weight excluding hydrogens is 202 g/mol. The van der Waals surface area contributed by atoms with Crippen molar-refractivity contribution in [3.63, 3.8) is 0 Å². The van der Waals surface area contributed by atoms with Crippen LogP contribution < -0.4 is 5.32 Å². The number of methoxy groups -OCH3 is 1. The summed E-state index contributed by atoms with van der Waals surface area (Å²) in [5.74, 6) is -0.165. The van der Waals surface area contributed by atoms with E-state index in [4.69, 9.17) is 4.74 Å². The van der Waals surface area contributed by atoms with Crippen LogP contribution in [-0.2, 0) is 16.0 Å². The van der Waals surface area contributed by atoms with Crippen molar-refractivity contribution in [1.29, 1.82) is 0 Å². The summed E-state index contributed by atoms with van der Waals surface area (Å²) in [6.07, 6.45) is 0.996. The van der Waals surface area contributed by atoms with Crippen LogP contribution in [0.5, 0.6) is 0 Å². The fourth-order valence-corrected chi connectivity index (χ4v) is 3.06. The molecule has 16 heavy (non-hydrogen) atoms. The van der Waals surface area contributed by atoms with Gasteiger partial charge in [0.1, 0.15) is 0 Å². The topological polar surface area (TPSA) is 38.3 Å². The summed E-state index contributed by atoms with van der Waals surface area (Å²) < 4.78 is 4.96. The monoisotopic (exact) mass is 217 g/mol. The van der Waals surface area contributed by atoms with Crippen LogP contribution in [0.3, 0.4) is 0 Å². The van der Waals surface area contributed by atoms with Crippen LogP contribution in [0.15, 0.2) is 24.3 Å². The number of rotatable bonds is 1. The molecule has 1 aromatic rings. The summed E-state index contributed by atoms with van der Waals surface area (Å²) in [6, 6.07) is 8.22. The first-order chi connectivity index (χ1) is 7.77. The Labute approximate surface area is 94.8 Å². The molecule has 3 nitrogen and oxygen atoms in total. The first kappa shape index (κ1) is 9.85. The highest BCUT2D eigenvalue weighted by molar-refractivity contribution is 5.81. The quantitative estimate of drug-likeness (QED) is 0.716. The second-order valence-corrected chi connectivity index (χ2v) is 4.80. The minimum Gasteiger partial charge on any atom is -0.469 e. The summed E-state index contributed by atoms with van der Waals surface area (Å²) in [5.41, 5.74) is 2.55. The predicted molar refractivity (Wildman–Crippen MR) is 60.2 cm³/mol. The van der Waals surface area contributed by atoms with Gasteiger partial charge in [0.25, 0.3) is 0 Å². The molecule has 1 heterocycles. The van der Waals surface area contributed by atoms with Crippen LogP contribution in [0.25, 0.3) is 0 Å². The lowest BCUT2D eigenvalue weighted by atomic mass is 9.71. The Kier molecular flexibility index (Phi) is 2.04. The molecule has 3 rings (SSSR count). The highest BCUT2D eigenvalue weighted by atomic mass is 16.5. The van der Waals surface area contributed by atoms with Crippen molar-refractivity contribution in [3.05, 3.63) is 35.4 Å². The predicted octanol–water partition coefficient (Wildman–Crippen LogP) is 1.09. The van der Waals surface area contributed by atoms with Crippen molar-refractivity contribution >= 4 is 5.97 Å². The van der Waals surface area contributed by atoms with Gasteiger partial charge < -0.3 is 10.1 Å². The summed E-state index contributed by atoms with van der Waals surface area (Å²) in [6.45, 7) is 1.84. The third-order valence-corrected chi connectivity index (χ3v) is 3.91.